The number of ether oxygens (including phenoxy) is 1. The predicted octanol–water partition coefficient (Wildman–Crippen LogP) is 3.32. The van der Waals surface area contributed by atoms with Gasteiger partial charge in [-0.15, -0.1) is 0 Å². The molecule has 4 heteroatoms. The smallest absolute Gasteiger partial charge is 0.261 e. The number of aryl methyl sites for hydroxylation is 1. The Morgan fingerprint density at radius 3 is 2.44 bits per heavy atom. The monoisotopic (exact) mass is 257 g/mol. The van der Waals surface area contributed by atoms with E-state index >= 15 is 0 Å². The summed E-state index contributed by atoms with van der Waals surface area (Å²) in [4.78, 5) is 0. The van der Waals surface area contributed by atoms with Crippen LogP contribution >= 0.6 is 0 Å². The summed E-state index contributed by atoms with van der Waals surface area (Å²) in [5, 5.41) is 3.23. The van der Waals surface area contributed by atoms with E-state index in [4.69, 9.17) is 4.74 Å². The molecule has 0 aliphatic heterocycles. The number of nitrogens with one attached hydrogen (secondary N) is 1. The van der Waals surface area contributed by atoms with Gasteiger partial charge in [0.2, 0.25) is 0 Å². The zero-order chi connectivity index (χ0) is 13.5. The molecule has 0 aliphatic carbocycles. The van der Waals surface area contributed by atoms with Crippen LogP contribution in [-0.4, -0.2) is 25.6 Å². The van der Waals surface area contributed by atoms with Crippen LogP contribution in [0, 0.1) is 6.92 Å². The molecule has 1 atom stereocenters. The largest absolute Gasteiger partial charge is 0.366 e. The van der Waals surface area contributed by atoms with Crippen LogP contribution in [0.25, 0.3) is 0 Å². The molecule has 0 radical (unpaired) electrons. The van der Waals surface area contributed by atoms with Crippen molar-refractivity contribution in [3.8, 4) is 0 Å². The molecule has 0 aromatic heterocycles. The highest BCUT2D eigenvalue weighted by Crippen LogP contribution is 2.21. The van der Waals surface area contributed by atoms with Gasteiger partial charge >= 0.3 is 0 Å². The van der Waals surface area contributed by atoms with E-state index in [1.54, 1.807) is 0 Å². The number of halogens is 2. The Morgan fingerprint density at radius 2 is 1.89 bits per heavy atom. The Bertz CT molecular complexity index is 343. The van der Waals surface area contributed by atoms with Crippen molar-refractivity contribution in [1.29, 1.82) is 0 Å². The maximum atomic E-state index is 12.3. The summed E-state index contributed by atoms with van der Waals surface area (Å²) >= 11 is 0. The molecule has 0 saturated carbocycles. The average molecular weight is 257 g/mol. The van der Waals surface area contributed by atoms with Gasteiger partial charge in [0.15, 0.2) is 0 Å². The third-order valence-corrected chi connectivity index (χ3v) is 2.67. The molecular formula is C14H21F2NO. The van der Waals surface area contributed by atoms with E-state index in [-0.39, 0.29) is 6.10 Å². The summed E-state index contributed by atoms with van der Waals surface area (Å²) in [6.07, 6.45) is -2.77. The van der Waals surface area contributed by atoms with Gasteiger partial charge in [-0.2, -0.15) is 0 Å². The topological polar surface area (TPSA) is 21.3 Å². The Labute approximate surface area is 107 Å². The van der Waals surface area contributed by atoms with Crippen LogP contribution in [0.5, 0.6) is 0 Å². The van der Waals surface area contributed by atoms with Crippen LogP contribution in [-0.2, 0) is 4.74 Å². The van der Waals surface area contributed by atoms with Crippen LogP contribution in [0.3, 0.4) is 0 Å². The standard InChI is InChI=1S/C14H21F2NO/c1-10(2)17-8-13(18-9-14(15)16)12-7-5-4-6-11(12)3/h4-7,10,13-14,17H,8-9H2,1-3H3. The van der Waals surface area contributed by atoms with Crippen LogP contribution in [0.1, 0.15) is 31.1 Å². The molecule has 1 N–H and O–H groups in total. The lowest BCUT2D eigenvalue weighted by atomic mass is 10.0. The Morgan fingerprint density at radius 1 is 1.22 bits per heavy atom. The first-order valence-corrected chi connectivity index (χ1v) is 6.19. The van der Waals surface area contributed by atoms with Gasteiger partial charge in [0.25, 0.3) is 6.43 Å². The van der Waals surface area contributed by atoms with Gasteiger partial charge in [0.1, 0.15) is 6.61 Å². The maximum Gasteiger partial charge on any atom is 0.261 e. The summed E-state index contributed by atoms with van der Waals surface area (Å²) in [5.41, 5.74) is 2.02. The minimum absolute atomic E-state index is 0.298. The summed E-state index contributed by atoms with van der Waals surface area (Å²) in [6.45, 7) is 6.00. The van der Waals surface area contributed by atoms with Crippen molar-refractivity contribution < 1.29 is 13.5 Å². The third-order valence-electron chi connectivity index (χ3n) is 2.67. The molecule has 2 nitrogen and oxygen atoms in total. The molecule has 0 amide bonds. The van der Waals surface area contributed by atoms with Crippen LogP contribution < -0.4 is 5.32 Å². The van der Waals surface area contributed by atoms with Crippen molar-refractivity contribution in [2.75, 3.05) is 13.2 Å². The van der Waals surface area contributed by atoms with Crippen molar-refractivity contribution in [3.63, 3.8) is 0 Å². The lowest BCUT2D eigenvalue weighted by Crippen LogP contribution is -2.30. The van der Waals surface area contributed by atoms with Crippen molar-refractivity contribution in [3.05, 3.63) is 35.4 Å². The van der Waals surface area contributed by atoms with Gasteiger partial charge in [-0.3, -0.25) is 0 Å². The highest BCUT2D eigenvalue weighted by molar-refractivity contribution is 5.28. The molecule has 18 heavy (non-hydrogen) atoms. The molecule has 1 unspecified atom stereocenters. The lowest BCUT2D eigenvalue weighted by molar-refractivity contribution is -0.0253. The van der Waals surface area contributed by atoms with E-state index in [1.807, 2.05) is 45.0 Å². The zero-order valence-corrected chi connectivity index (χ0v) is 11.1. The number of rotatable bonds is 7. The van der Waals surface area contributed by atoms with Crippen LogP contribution in [0.15, 0.2) is 24.3 Å². The second-order valence-corrected chi connectivity index (χ2v) is 4.63. The molecule has 0 heterocycles. The SMILES string of the molecule is Cc1ccccc1C(CNC(C)C)OCC(F)F. The van der Waals surface area contributed by atoms with E-state index in [1.165, 1.54) is 0 Å². The Kier molecular flexibility index (Phi) is 6.22. The van der Waals surface area contributed by atoms with Crippen molar-refractivity contribution in [1.82, 2.24) is 5.32 Å². The molecule has 0 fully saturated rings. The molecule has 1 aromatic rings. The highest BCUT2D eigenvalue weighted by Gasteiger charge is 2.16. The zero-order valence-electron chi connectivity index (χ0n) is 11.1. The number of alkyl halides is 2. The lowest BCUT2D eigenvalue weighted by Gasteiger charge is -2.22. The van der Waals surface area contributed by atoms with Gasteiger partial charge in [-0.25, -0.2) is 8.78 Å². The Balaban J connectivity index is 2.73. The van der Waals surface area contributed by atoms with Gasteiger partial charge < -0.3 is 10.1 Å². The first kappa shape index (κ1) is 15.1. The fourth-order valence-electron chi connectivity index (χ4n) is 1.74. The first-order chi connectivity index (χ1) is 8.50. The van der Waals surface area contributed by atoms with Crippen molar-refractivity contribution in [2.24, 2.45) is 0 Å². The Hall–Kier alpha value is -1.00. The molecule has 0 bridgehead atoms. The van der Waals surface area contributed by atoms with E-state index in [9.17, 15) is 8.78 Å². The first-order valence-electron chi connectivity index (χ1n) is 6.19. The summed E-state index contributed by atoms with van der Waals surface area (Å²) in [6, 6.07) is 8.01. The average Bonchev–Trinajstić information content (AvgIpc) is 2.30. The van der Waals surface area contributed by atoms with E-state index < -0.39 is 13.0 Å². The van der Waals surface area contributed by atoms with Crippen molar-refractivity contribution >= 4 is 0 Å². The van der Waals surface area contributed by atoms with Gasteiger partial charge in [0.05, 0.1) is 6.10 Å². The molecule has 0 saturated heterocycles. The molecule has 1 aromatic carbocycles. The summed E-state index contributed by atoms with van der Waals surface area (Å²) in [7, 11) is 0. The van der Waals surface area contributed by atoms with Gasteiger partial charge in [0, 0.05) is 12.6 Å². The molecule has 1 rings (SSSR count). The molecule has 0 aliphatic rings. The molecule has 102 valence electrons. The minimum Gasteiger partial charge on any atom is -0.366 e. The van der Waals surface area contributed by atoms with Crippen LogP contribution in [0.2, 0.25) is 0 Å². The second-order valence-electron chi connectivity index (χ2n) is 4.63. The van der Waals surface area contributed by atoms with Crippen molar-refractivity contribution in [2.45, 2.75) is 39.3 Å². The second kappa shape index (κ2) is 7.44. The van der Waals surface area contributed by atoms with E-state index in [2.05, 4.69) is 5.32 Å². The fourth-order valence-corrected chi connectivity index (χ4v) is 1.74. The fraction of sp³-hybridized carbons (Fsp3) is 0.571. The normalized spacial score (nSPS) is 13.3. The molecule has 0 spiro atoms. The van der Waals surface area contributed by atoms with E-state index in [0.717, 1.165) is 11.1 Å². The predicted molar refractivity (Wildman–Crippen MR) is 69.0 cm³/mol. The highest BCUT2D eigenvalue weighted by atomic mass is 19.3. The van der Waals surface area contributed by atoms with Gasteiger partial charge in [-0.05, 0) is 18.1 Å². The summed E-state index contributed by atoms with van der Waals surface area (Å²) in [5.74, 6) is 0. The number of hydrogen-bond donors (Lipinski definition) is 1. The number of benzene rings is 1. The molecular weight excluding hydrogens is 236 g/mol. The van der Waals surface area contributed by atoms with Gasteiger partial charge in [-0.1, -0.05) is 38.1 Å². The van der Waals surface area contributed by atoms with Crippen LogP contribution in [0.4, 0.5) is 8.78 Å². The van der Waals surface area contributed by atoms with E-state index in [0.29, 0.717) is 12.6 Å². The minimum atomic E-state index is -2.43. The quantitative estimate of drug-likeness (QED) is 0.809. The summed E-state index contributed by atoms with van der Waals surface area (Å²) < 4.78 is 29.8. The maximum absolute atomic E-state index is 12.3. The number of hydrogen-bond acceptors (Lipinski definition) is 2. The third kappa shape index (κ3) is 5.10.